The summed E-state index contributed by atoms with van der Waals surface area (Å²) in [7, 11) is 0. The number of carbonyl (C=O) groups excluding carboxylic acids is 2. The van der Waals surface area contributed by atoms with Crippen molar-refractivity contribution in [3.63, 3.8) is 0 Å². The van der Waals surface area contributed by atoms with Crippen molar-refractivity contribution < 1.29 is 19.5 Å². The minimum absolute atomic E-state index is 0.0405. The molecule has 1 aromatic rings. The van der Waals surface area contributed by atoms with Crippen molar-refractivity contribution in [1.82, 2.24) is 10.3 Å². The number of thiazole rings is 1. The van der Waals surface area contributed by atoms with E-state index < -0.39 is 17.8 Å². The first kappa shape index (κ1) is 16.1. The third kappa shape index (κ3) is 4.61. The number of aromatic nitrogens is 1. The van der Waals surface area contributed by atoms with Crippen LogP contribution in [0.2, 0.25) is 0 Å². The lowest BCUT2D eigenvalue weighted by molar-refractivity contribution is -0.143. The number of aliphatic carboxylic acids is 1. The summed E-state index contributed by atoms with van der Waals surface area (Å²) in [5.41, 5.74) is 0.159. The molecule has 8 heteroatoms. The number of amides is 2. The average Bonchev–Trinajstić information content (AvgIpc) is 2.75. The molecule has 20 heavy (non-hydrogen) atoms. The van der Waals surface area contributed by atoms with Gasteiger partial charge in [-0.05, 0) is 5.92 Å². The minimum atomic E-state index is -0.947. The number of hydrogen-bond acceptors (Lipinski definition) is 5. The molecule has 0 saturated carbocycles. The van der Waals surface area contributed by atoms with E-state index in [1.54, 1.807) is 13.8 Å². The van der Waals surface area contributed by atoms with Crippen LogP contribution < -0.4 is 10.6 Å². The lowest BCUT2D eigenvalue weighted by atomic mass is 9.96. The molecule has 0 spiro atoms. The first-order chi connectivity index (χ1) is 9.31. The molecule has 1 aromatic heterocycles. The van der Waals surface area contributed by atoms with Crippen molar-refractivity contribution in [2.45, 2.75) is 20.8 Å². The molecule has 0 saturated heterocycles. The summed E-state index contributed by atoms with van der Waals surface area (Å²) < 4.78 is 0. The fourth-order valence-corrected chi connectivity index (χ4v) is 2.22. The van der Waals surface area contributed by atoms with Gasteiger partial charge in [0.1, 0.15) is 5.69 Å². The maximum absolute atomic E-state index is 11.8. The Bertz CT molecular complexity index is 513. The summed E-state index contributed by atoms with van der Waals surface area (Å²) in [6.45, 7) is 4.95. The molecule has 1 rings (SSSR count). The quantitative estimate of drug-likeness (QED) is 0.731. The largest absolute Gasteiger partial charge is 0.481 e. The van der Waals surface area contributed by atoms with Crippen LogP contribution in [0.3, 0.4) is 0 Å². The monoisotopic (exact) mass is 299 g/mol. The van der Waals surface area contributed by atoms with Crippen molar-refractivity contribution in [3.05, 3.63) is 11.1 Å². The van der Waals surface area contributed by atoms with Crippen LogP contribution in [0.15, 0.2) is 5.38 Å². The lowest BCUT2D eigenvalue weighted by Crippen LogP contribution is -2.35. The van der Waals surface area contributed by atoms with E-state index in [4.69, 9.17) is 5.11 Å². The first-order valence-electron chi connectivity index (χ1n) is 6.05. The van der Waals surface area contributed by atoms with Gasteiger partial charge in [0.2, 0.25) is 5.91 Å². The molecule has 3 N–H and O–H groups in total. The van der Waals surface area contributed by atoms with Crippen molar-refractivity contribution in [3.8, 4) is 0 Å². The summed E-state index contributed by atoms with van der Waals surface area (Å²) in [4.78, 5) is 37.6. The molecule has 1 unspecified atom stereocenters. The molecule has 0 fully saturated rings. The number of rotatable bonds is 6. The van der Waals surface area contributed by atoms with E-state index in [0.717, 1.165) is 11.3 Å². The van der Waals surface area contributed by atoms with E-state index in [1.165, 1.54) is 12.3 Å². The number of hydrogen-bond donors (Lipinski definition) is 3. The maximum atomic E-state index is 11.8. The molecule has 0 aliphatic rings. The highest BCUT2D eigenvalue weighted by molar-refractivity contribution is 7.14. The molecular formula is C12H17N3O4S. The summed E-state index contributed by atoms with van der Waals surface area (Å²) in [6.07, 6.45) is 0. The fourth-order valence-electron chi connectivity index (χ4n) is 1.49. The SMILES string of the molecule is CC(=O)Nc1nc(C(=O)NCC(C(=O)O)C(C)C)cs1. The van der Waals surface area contributed by atoms with Crippen molar-refractivity contribution in [2.75, 3.05) is 11.9 Å². The second kappa shape index (κ2) is 6.99. The van der Waals surface area contributed by atoms with E-state index in [0.29, 0.717) is 5.13 Å². The first-order valence-corrected chi connectivity index (χ1v) is 6.93. The molecule has 0 aliphatic carbocycles. The Morgan fingerprint density at radius 3 is 2.55 bits per heavy atom. The number of nitrogens with one attached hydrogen (secondary N) is 2. The van der Waals surface area contributed by atoms with Crippen LogP contribution in [0.5, 0.6) is 0 Å². The summed E-state index contributed by atoms with van der Waals surface area (Å²) in [5, 5.41) is 15.9. The van der Waals surface area contributed by atoms with Gasteiger partial charge in [0.25, 0.3) is 5.91 Å². The molecule has 0 aromatic carbocycles. The van der Waals surface area contributed by atoms with Gasteiger partial charge in [-0.1, -0.05) is 13.8 Å². The number of carbonyl (C=O) groups is 3. The van der Waals surface area contributed by atoms with Crippen LogP contribution in [0.25, 0.3) is 0 Å². The van der Waals surface area contributed by atoms with Crippen LogP contribution >= 0.6 is 11.3 Å². The van der Waals surface area contributed by atoms with Crippen LogP contribution in [0.1, 0.15) is 31.3 Å². The fraction of sp³-hybridized carbons (Fsp3) is 0.500. The number of carboxylic acids is 1. The predicted molar refractivity (Wildman–Crippen MR) is 74.7 cm³/mol. The van der Waals surface area contributed by atoms with Gasteiger partial charge >= 0.3 is 5.97 Å². The Balaban J connectivity index is 2.60. The molecule has 0 radical (unpaired) electrons. The van der Waals surface area contributed by atoms with Crippen molar-refractivity contribution >= 4 is 34.3 Å². The standard InChI is InChI=1S/C12H17N3O4S/c1-6(2)8(11(18)19)4-13-10(17)9-5-20-12(15-9)14-7(3)16/h5-6,8H,4H2,1-3H3,(H,13,17)(H,18,19)(H,14,15,16). The summed E-state index contributed by atoms with van der Waals surface area (Å²) >= 11 is 1.13. The Hall–Kier alpha value is -1.96. The van der Waals surface area contributed by atoms with Gasteiger partial charge in [0, 0.05) is 18.8 Å². The molecule has 1 heterocycles. The molecule has 0 bridgehead atoms. The molecule has 1 atom stereocenters. The Morgan fingerprint density at radius 1 is 1.40 bits per heavy atom. The van der Waals surface area contributed by atoms with Gasteiger partial charge in [-0.2, -0.15) is 0 Å². The van der Waals surface area contributed by atoms with E-state index in [-0.39, 0.29) is 24.1 Å². The molecule has 110 valence electrons. The van der Waals surface area contributed by atoms with Gasteiger partial charge in [-0.25, -0.2) is 4.98 Å². The Morgan fingerprint density at radius 2 is 2.05 bits per heavy atom. The molecule has 2 amide bonds. The Kier molecular flexibility index (Phi) is 5.63. The van der Waals surface area contributed by atoms with E-state index in [1.807, 2.05) is 0 Å². The zero-order valence-corrected chi connectivity index (χ0v) is 12.3. The highest BCUT2D eigenvalue weighted by atomic mass is 32.1. The smallest absolute Gasteiger partial charge is 0.308 e. The number of anilines is 1. The summed E-state index contributed by atoms with van der Waals surface area (Å²) in [6, 6.07) is 0. The zero-order chi connectivity index (χ0) is 15.3. The van der Waals surface area contributed by atoms with Crippen LogP contribution in [0.4, 0.5) is 5.13 Å². The highest BCUT2D eigenvalue weighted by Gasteiger charge is 2.22. The lowest BCUT2D eigenvalue weighted by Gasteiger charge is -2.16. The van der Waals surface area contributed by atoms with Gasteiger partial charge in [0.15, 0.2) is 5.13 Å². The van der Waals surface area contributed by atoms with Crippen LogP contribution in [-0.2, 0) is 9.59 Å². The molecule has 7 nitrogen and oxygen atoms in total. The maximum Gasteiger partial charge on any atom is 0.308 e. The van der Waals surface area contributed by atoms with E-state index in [9.17, 15) is 14.4 Å². The van der Waals surface area contributed by atoms with E-state index in [2.05, 4.69) is 15.6 Å². The zero-order valence-electron chi connectivity index (χ0n) is 11.5. The number of nitrogens with zero attached hydrogens (tertiary/aromatic N) is 1. The highest BCUT2D eigenvalue weighted by Crippen LogP contribution is 2.15. The van der Waals surface area contributed by atoms with Crippen molar-refractivity contribution in [1.29, 1.82) is 0 Å². The summed E-state index contributed by atoms with van der Waals surface area (Å²) in [5.74, 6) is -2.40. The second-order valence-corrected chi connectivity index (χ2v) is 5.48. The van der Waals surface area contributed by atoms with Gasteiger partial charge in [0.05, 0.1) is 5.92 Å². The second-order valence-electron chi connectivity index (χ2n) is 4.62. The number of carboxylic acid groups (broad SMARTS) is 1. The third-order valence-electron chi connectivity index (χ3n) is 2.62. The van der Waals surface area contributed by atoms with Gasteiger partial charge in [-0.15, -0.1) is 11.3 Å². The topological polar surface area (TPSA) is 108 Å². The van der Waals surface area contributed by atoms with Crippen LogP contribution in [0, 0.1) is 11.8 Å². The van der Waals surface area contributed by atoms with Gasteiger partial charge in [-0.3, -0.25) is 14.4 Å². The normalized spacial score (nSPS) is 12.0. The van der Waals surface area contributed by atoms with Gasteiger partial charge < -0.3 is 15.7 Å². The molecular weight excluding hydrogens is 282 g/mol. The predicted octanol–water partition coefficient (Wildman–Crippen LogP) is 1.19. The Labute approximate surface area is 120 Å². The van der Waals surface area contributed by atoms with Crippen LogP contribution in [-0.4, -0.2) is 34.4 Å². The van der Waals surface area contributed by atoms with Crippen molar-refractivity contribution in [2.24, 2.45) is 11.8 Å². The van der Waals surface area contributed by atoms with E-state index >= 15 is 0 Å². The average molecular weight is 299 g/mol. The molecule has 0 aliphatic heterocycles. The minimum Gasteiger partial charge on any atom is -0.481 e. The third-order valence-corrected chi connectivity index (χ3v) is 3.38.